The normalized spacial score (nSPS) is 16.8. The molecule has 0 aromatic carbocycles. The summed E-state index contributed by atoms with van der Waals surface area (Å²) in [6, 6.07) is 0.515. The number of aromatic nitrogens is 2. The zero-order valence-corrected chi connectivity index (χ0v) is 10.5. The molecule has 0 amide bonds. The van der Waals surface area contributed by atoms with Gasteiger partial charge in [-0.2, -0.15) is 0 Å². The lowest BCUT2D eigenvalue weighted by atomic mass is 10.2. The van der Waals surface area contributed by atoms with Crippen molar-refractivity contribution in [2.45, 2.75) is 31.7 Å². The number of anilines is 1. The van der Waals surface area contributed by atoms with E-state index in [-0.39, 0.29) is 0 Å². The van der Waals surface area contributed by atoms with Crippen molar-refractivity contribution in [1.82, 2.24) is 15.3 Å². The fourth-order valence-corrected chi connectivity index (χ4v) is 2.08. The third kappa shape index (κ3) is 4.20. The first kappa shape index (κ1) is 12.6. The van der Waals surface area contributed by atoms with Gasteiger partial charge in [-0.25, -0.2) is 4.98 Å². The molecule has 98 valence electrons. The summed E-state index contributed by atoms with van der Waals surface area (Å²) in [5.41, 5.74) is 5.82. The average molecular weight is 248 g/mol. The maximum Gasteiger partial charge on any atom is 0.188 e. The molecule has 0 bridgehead atoms. The maximum absolute atomic E-state index is 5.82. The molecular formula is C12H20N6. The molecule has 18 heavy (non-hydrogen) atoms. The van der Waals surface area contributed by atoms with E-state index in [2.05, 4.69) is 25.6 Å². The molecule has 1 heterocycles. The molecule has 0 unspecified atom stereocenters. The minimum atomic E-state index is 0.515. The van der Waals surface area contributed by atoms with Gasteiger partial charge >= 0.3 is 0 Å². The van der Waals surface area contributed by atoms with E-state index < -0.39 is 0 Å². The van der Waals surface area contributed by atoms with Crippen LogP contribution in [-0.2, 0) is 0 Å². The highest BCUT2D eigenvalue weighted by Crippen LogP contribution is 2.17. The van der Waals surface area contributed by atoms with E-state index >= 15 is 0 Å². The Morgan fingerprint density at radius 3 is 2.94 bits per heavy atom. The van der Waals surface area contributed by atoms with Gasteiger partial charge in [-0.15, -0.1) is 0 Å². The van der Waals surface area contributed by atoms with E-state index in [1.165, 1.54) is 25.7 Å². The highest BCUT2D eigenvalue weighted by atomic mass is 15.1. The quantitative estimate of drug-likeness (QED) is 0.406. The monoisotopic (exact) mass is 248 g/mol. The molecule has 1 fully saturated rings. The molecule has 4 N–H and O–H groups in total. The molecule has 2 rings (SSSR count). The number of hydrogen-bond donors (Lipinski definition) is 3. The van der Waals surface area contributed by atoms with Crippen molar-refractivity contribution in [3.8, 4) is 0 Å². The van der Waals surface area contributed by atoms with Crippen LogP contribution in [0.2, 0.25) is 0 Å². The van der Waals surface area contributed by atoms with Gasteiger partial charge in [-0.05, 0) is 12.8 Å². The molecule has 1 saturated carbocycles. The maximum atomic E-state index is 5.82. The Morgan fingerprint density at radius 1 is 1.39 bits per heavy atom. The minimum absolute atomic E-state index is 0.515. The SMILES string of the molecule is NC(=NCCNc1cnccn1)NC1CCCC1. The molecule has 1 aromatic heterocycles. The van der Waals surface area contributed by atoms with Crippen molar-refractivity contribution in [2.24, 2.45) is 10.7 Å². The molecule has 1 aliphatic carbocycles. The molecule has 0 radical (unpaired) electrons. The number of aliphatic imine (C=N–C) groups is 1. The third-order valence-corrected chi connectivity index (χ3v) is 2.97. The van der Waals surface area contributed by atoms with Crippen LogP contribution in [0.15, 0.2) is 23.6 Å². The lowest BCUT2D eigenvalue weighted by molar-refractivity contribution is 0.625. The third-order valence-electron chi connectivity index (χ3n) is 2.97. The second kappa shape index (κ2) is 6.78. The van der Waals surface area contributed by atoms with E-state index in [0.717, 1.165) is 5.82 Å². The van der Waals surface area contributed by atoms with Crippen LogP contribution in [0.1, 0.15) is 25.7 Å². The van der Waals surface area contributed by atoms with Gasteiger partial charge < -0.3 is 16.4 Å². The Labute approximate surface area is 107 Å². The molecule has 6 nitrogen and oxygen atoms in total. The van der Waals surface area contributed by atoms with Crippen LogP contribution >= 0.6 is 0 Å². The summed E-state index contributed by atoms with van der Waals surface area (Å²) >= 11 is 0. The number of nitrogens with two attached hydrogens (primary N) is 1. The van der Waals surface area contributed by atoms with E-state index in [0.29, 0.717) is 25.1 Å². The van der Waals surface area contributed by atoms with Gasteiger partial charge in [0.25, 0.3) is 0 Å². The average Bonchev–Trinajstić information content (AvgIpc) is 2.89. The second-order valence-electron chi connectivity index (χ2n) is 4.41. The summed E-state index contributed by atoms with van der Waals surface area (Å²) in [6.07, 6.45) is 9.97. The number of guanidine groups is 1. The first-order valence-electron chi connectivity index (χ1n) is 6.41. The lowest BCUT2D eigenvalue weighted by Gasteiger charge is -2.12. The van der Waals surface area contributed by atoms with Crippen LogP contribution in [0.3, 0.4) is 0 Å². The van der Waals surface area contributed by atoms with Crippen molar-refractivity contribution in [1.29, 1.82) is 0 Å². The first-order valence-corrected chi connectivity index (χ1v) is 6.41. The summed E-state index contributed by atoms with van der Waals surface area (Å²) in [4.78, 5) is 12.4. The van der Waals surface area contributed by atoms with E-state index in [4.69, 9.17) is 5.73 Å². The van der Waals surface area contributed by atoms with Gasteiger partial charge in [0, 0.05) is 25.0 Å². The van der Waals surface area contributed by atoms with Crippen molar-refractivity contribution in [3.63, 3.8) is 0 Å². The molecule has 0 saturated heterocycles. The van der Waals surface area contributed by atoms with E-state index in [1.807, 2.05) is 0 Å². The van der Waals surface area contributed by atoms with Gasteiger partial charge in [-0.1, -0.05) is 12.8 Å². The van der Waals surface area contributed by atoms with Crippen molar-refractivity contribution in [2.75, 3.05) is 18.4 Å². The zero-order valence-electron chi connectivity index (χ0n) is 10.5. The second-order valence-corrected chi connectivity index (χ2v) is 4.41. The molecule has 0 spiro atoms. The first-order chi connectivity index (χ1) is 8.84. The molecule has 6 heteroatoms. The Hall–Kier alpha value is -1.85. The van der Waals surface area contributed by atoms with Gasteiger partial charge in [-0.3, -0.25) is 9.98 Å². The molecule has 0 atom stereocenters. The van der Waals surface area contributed by atoms with Gasteiger partial charge in [0.1, 0.15) is 5.82 Å². The highest BCUT2D eigenvalue weighted by molar-refractivity contribution is 5.78. The van der Waals surface area contributed by atoms with Crippen LogP contribution in [0, 0.1) is 0 Å². The van der Waals surface area contributed by atoms with E-state index in [1.54, 1.807) is 18.6 Å². The Bertz CT molecular complexity index is 371. The van der Waals surface area contributed by atoms with Crippen LogP contribution in [0.4, 0.5) is 5.82 Å². The zero-order chi connectivity index (χ0) is 12.6. The topological polar surface area (TPSA) is 88.2 Å². The lowest BCUT2D eigenvalue weighted by Crippen LogP contribution is -2.38. The van der Waals surface area contributed by atoms with Crippen LogP contribution in [0.5, 0.6) is 0 Å². The summed E-state index contributed by atoms with van der Waals surface area (Å²) in [6.45, 7) is 1.33. The summed E-state index contributed by atoms with van der Waals surface area (Å²) in [5, 5.41) is 6.38. The Kier molecular flexibility index (Phi) is 4.75. The molecule has 1 aromatic rings. The Morgan fingerprint density at radius 2 is 2.22 bits per heavy atom. The fraction of sp³-hybridized carbons (Fsp3) is 0.583. The number of nitrogens with zero attached hydrogens (tertiary/aromatic N) is 3. The predicted octanol–water partition coefficient (Wildman–Crippen LogP) is 0.735. The van der Waals surface area contributed by atoms with Crippen molar-refractivity contribution >= 4 is 11.8 Å². The molecule has 1 aliphatic rings. The van der Waals surface area contributed by atoms with Gasteiger partial charge in [0.15, 0.2) is 5.96 Å². The summed E-state index contributed by atoms with van der Waals surface area (Å²) in [5.74, 6) is 1.30. The highest BCUT2D eigenvalue weighted by Gasteiger charge is 2.14. The molecule has 0 aliphatic heterocycles. The predicted molar refractivity (Wildman–Crippen MR) is 72.4 cm³/mol. The summed E-state index contributed by atoms with van der Waals surface area (Å²) < 4.78 is 0. The smallest absolute Gasteiger partial charge is 0.188 e. The largest absolute Gasteiger partial charge is 0.370 e. The fourth-order valence-electron chi connectivity index (χ4n) is 2.08. The minimum Gasteiger partial charge on any atom is -0.370 e. The van der Waals surface area contributed by atoms with Crippen molar-refractivity contribution < 1.29 is 0 Å². The standard InChI is InChI=1S/C12H20N6/c13-12(18-10-3-1-2-4-10)17-8-7-16-11-9-14-5-6-15-11/h5-6,9-10H,1-4,7-8H2,(H,15,16)(H3,13,17,18). The number of rotatable bonds is 5. The van der Waals surface area contributed by atoms with Crippen LogP contribution in [0.25, 0.3) is 0 Å². The van der Waals surface area contributed by atoms with E-state index in [9.17, 15) is 0 Å². The van der Waals surface area contributed by atoms with Crippen LogP contribution in [-0.4, -0.2) is 35.1 Å². The van der Waals surface area contributed by atoms with Gasteiger partial charge in [0.2, 0.25) is 0 Å². The number of nitrogens with one attached hydrogen (secondary N) is 2. The van der Waals surface area contributed by atoms with Crippen LogP contribution < -0.4 is 16.4 Å². The molecular weight excluding hydrogens is 228 g/mol. The Balaban J connectivity index is 1.64. The van der Waals surface area contributed by atoms with Gasteiger partial charge in [0.05, 0.1) is 12.7 Å². The number of hydrogen-bond acceptors (Lipinski definition) is 4. The van der Waals surface area contributed by atoms with Crippen molar-refractivity contribution in [3.05, 3.63) is 18.6 Å². The summed E-state index contributed by atoms with van der Waals surface area (Å²) in [7, 11) is 0.